The summed E-state index contributed by atoms with van der Waals surface area (Å²) in [5.41, 5.74) is 7.08. The molecule has 1 unspecified atom stereocenters. The number of thiazole rings is 1. The van der Waals surface area contributed by atoms with Crippen molar-refractivity contribution in [2.75, 3.05) is 6.61 Å². The average molecular weight is 228 g/mol. The second-order valence-electron chi connectivity index (χ2n) is 3.98. The lowest BCUT2D eigenvalue weighted by Gasteiger charge is -2.13. The lowest BCUT2D eigenvalue weighted by molar-refractivity contribution is 0.133. The van der Waals surface area contributed by atoms with Crippen molar-refractivity contribution in [2.24, 2.45) is 11.7 Å². The van der Waals surface area contributed by atoms with Crippen LogP contribution in [0.3, 0.4) is 0 Å². The summed E-state index contributed by atoms with van der Waals surface area (Å²) < 4.78 is 5.30. The molecule has 1 atom stereocenters. The predicted octanol–water partition coefficient (Wildman–Crippen LogP) is 2.21. The maximum atomic E-state index is 5.99. The van der Waals surface area contributed by atoms with E-state index in [0.717, 1.165) is 23.7 Å². The minimum Gasteiger partial charge on any atom is -0.375 e. The predicted molar refractivity (Wildman–Crippen MR) is 64.0 cm³/mol. The van der Waals surface area contributed by atoms with Gasteiger partial charge in [0.1, 0.15) is 5.01 Å². The number of rotatable bonds is 6. The molecule has 0 saturated heterocycles. The lowest BCUT2D eigenvalue weighted by Crippen LogP contribution is -2.28. The molecule has 1 heterocycles. The van der Waals surface area contributed by atoms with Crippen LogP contribution in [-0.2, 0) is 17.8 Å². The summed E-state index contributed by atoms with van der Waals surface area (Å²) >= 11 is 1.65. The molecule has 0 fully saturated rings. The molecule has 0 aromatic carbocycles. The molecule has 15 heavy (non-hydrogen) atoms. The molecule has 0 radical (unpaired) electrons. The molecule has 0 amide bonds. The minimum atomic E-state index is 0.201. The van der Waals surface area contributed by atoms with E-state index in [1.165, 1.54) is 0 Å². The molecule has 2 N–H and O–H groups in total. The summed E-state index contributed by atoms with van der Waals surface area (Å²) in [5, 5.41) is 3.12. The van der Waals surface area contributed by atoms with Gasteiger partial charge >= 0.3 is 0 Å². The Morgan fingerprint density at radius 3 is 2.87 bits per heavy atom. The molecule has 1 aromatic rings. The van der Waals surface area contributed by atoms with Gasteiger partial charge in [0.05, 0.1) is 12.3 Å². The van der Waals surface area contributed by atoms with E-state index in [1.807, 2.05) is 6.92 Å². The van der Waals surface area contributed by atoms with E-state index in [0.29, 0.717) is 12.5 Å². The average Bonchev–Trinajstić information content (AvgIpc) is 2.62. The molecule has 0 bridgehead atoms. The maximum Gasteiger partial charge on any atom is 0.119 e. The van der Waals surface area contributed by atoms with Crippen molar-refractivity contribution >= 4 is 11.3 Å². The first-order chi connectivity index (χ1) is 7.13. The van der Waals surface area contributed by atoms with Crippen LogP contribution in [0.5, 0.6) is 0 Å². The van der Waals surface area contributed by atoms with Crippen molar-refractivity contribution in [2.45, 2.75) is 39.8 Å². The normalized spacial score (nSPS) is 13.4. The van der Waals surface area contributed by atoms with E-state index in [-0.39, 0.29) is 6.04 Å². The molecule has 0 aliphatic carbocycles. The van der Waals surface area contributed by atoms with Crippen molar-refractivity contribution in [1.82, 2.24) is 4.98 Å². The number of hydrogen-bond acceptors (Lipinski definition) is 4. The molecule has 4 heteroatoms. The van der Waals surface area contributed by atoms with Gasteiger partial charge in [-0.1, -0.05) is 13.8 Å². The second-order valence-corrected chi connectivity index (χ2v) is 4.92. The third-order valence-electron chi connectivity index (χ3n) is 2.33. The fraction of sp³-hybridized carbons (Fsp3) is 0.727. The molecule has 3 nitrogen and oxygen atoms in total. The Balaban J connectivity index is 2.45. The van der Waals surface area contributed by atoms with E-state index in [9.17, 15) is 0 Å². The Hall–Kier alpha value is -0.450. The summed E-state index contributed by atoms with van der Waals surface area (Å²) in [4.78, 5) is 4.48. The van der Waals surface area contributed by atoms with Gasteiger partial charge in [0, 0.05) is 24.4 Å². The van der Waals surface area contributed by atoms with Gasteiger partial charge in [0.25, 0.3) is 0 Å². The van der Waals surface area contributed by atoms with Crippen LogP contribution in [0.2, 0.25) is 0 Å². The molecule has 0 saturated carbocycles. The second kappa shape index (κ2) is 6.20. The molecule has 1 aromatic heterocycles. The van der Waals surface area contributed by atoms with Gasteiger partial charge in [0.15, 0.2) is 0 Å². The van der Waals surface area contributed by atoms with E-state index >= 15 is 0 Å². The zero-order valence-corrected chi connectivity index (χ0v) is 10.5. The first kappa shape index (κ1) is 12.6. The van der Waals surface area contributed by atoms with Crippen LogP contribution in [0.15, 0.2) is 5.38 Å². The Morgan fingerprint density at radius 1 is 1.53 bits per heavy atom. The van der Waals surface area contributed by atoms with Gasteiger partial charge in [-0.15, -0.1) is 11.3 Å². The first-order valence-corrected chi connectivity index (χ1v) is 6.28. The number of ether oxygens (including phenoxy) is 1. The lowest BCUT2D eigenvalue weighted by atomic mass is 10.0. The molecule has 0 spiro atoms. The fourth-order valence-electron chi connectivity index (χ4n) is 1.18. The Labute approximate surface area is 95.7 Å². The van der Waals surface area contributed by atoms with E-state index < -0.39 is 0 Å². The molecule has 0 aliphatic heterocycles. The number of nitrogens with zero attached hydrogens (tertiary/aromatic N) is 1. The SMILES string of the molecule is CCOCc1nc(CC(N)C(C)C)cs1. The van der Waals surface area contributed by atoms with Crippen molar-refractivity contribution in [1.29, 1.82) is 0 Å². The molecular formula is C11H20N2OS. The van der Waals surface area contributed by atoms with Crippen LogP contribution in [-0.4, -0.2) is 17.6 Å². The first-order valence-electron chi connectivity index (χ1n) is 5.40. The topological polar surface area (TPSA) is 48.1 Å². The van der Waals surface area contributed by atoms with Crippen molar-refractivity contribution in [3.05, 3.63) is 16.1 Å². The monoisotopic (exact) mass is 228 g/mol. The van der Waals surface area contributed by atoms with Crippen molar-refractivity contribution in [3.63, 3.8) is 0 Å². The van der Waals surface area contributed by atoms with Gasteiger partial charge in [-0.25, -0.2) is 4.98 Å². The highest BCUT2D eigenvalue weighted by Gasteiger charge is 2.10. The minimum absolute atomic E-state index is 0.201. The molecular weight excluding hydrogens is 208 g/mol. The third kappa shape index (κ3) is 4.28. The maximum absolute atomic E-state index is 5.99. The summed E-state index contributed by atoms with van der Waals surface area (Å²) in [5.74, 6) is 0.502. The van der Waals surface area contributed by atoms with Gasteiger partial charge in [-0.05, 0) is 12.8 Å². The standard InChI is InChI=1S/C11H20N2OS/c1-4-14-6-11-13-9(7-15-11)5-10(12)8(2)3/h7-8,10H,4-6,12H2,1-3H3. The zero-order valence-electron chi connectivity index (χ0n) is 9.69. The molecule has 86 valence electrons. The highest BCUT2D eigenvalue weighted by Crippen LogP contribution is 2.14. The van der Waals surface area contributed by atoms with Crippen molar-refractivity contribution in [3.8, 4) is 0 Å². The smallest absolute Gasteiger partial charge is 0.119 e. The number of aromatic nitrogens is 1. The summed E-state index contributed by atoms with van der Waals surface area (Å²) in [6.07, 6.45) is 0.861. The van der Waals surface area contributed by atoms with E-state index in [4.69, 9.17) is 10.5 Å². The quantitative estimate of drug-likeness (QED) is 0.812. The van der Waals surface area contributed by atoms with Gasteiger partial charge in [-0.3, -0.25) is 0 Å². The highest BCUT2D eigenvalue weighted by atomic mass is 32.1. The molecule has 1 rings (SSSR count). The molecule has 0 aliphatic rings. The fourth-order valence-corrected chi connectivity index (χ4v) is 1.92. The van der Waals surface area contributed by atoms with Crippen LogP contribution < -0.4 is 5.73 Å². The highest BCUT2D eigenvalue weighted by molar-refractivity contribution is 7.09. The van der Waals surface area contributed by atoms with Crippen LogP contribution in [0.25, 0.3) is 0 Å². The Bertz CT molecular complexity index is 286. The summed E-state index contributed by atoms with van der Waals surface area (Å²) in [6.45, 7) is 7.62. The zero-order chi connectivity index (χ0) is 11.3. The van der Waals surface area contributed by atoms with Gasteiger partial charge in [0.2, 0.25) is 0 Å². The largest absolute Gasteiger partial charge is 0.375 e. The van der Waals surface area contributed by atoms with E-state index in [1.54, 1.807) is 11.3 Å². The Kier molecular flexibility index (Phi) is 5.22. The van der Waals surface area contributed by atoms with Gasteiger partial charge in [-0.2, -0.15) is 0 Å². The third-order valence-corrected chi connectivity index (χ3v) is 3.20. The van der Waals surface area contributed by atoms with Crippen LogP contribution in [0.1, 0.15) is 31.5 Å². The van der Waals surface area contributed by atoms with E-state index in [2.05, 4.69) is 24.2 Å². The van der Waals surface area contributed by atoms with Crippen molar-refractivity contribution < 1.29 is 4.74 Å². The summed E-state index contributed by atoms with van der Waals surface area (Å²) in [6, 6.07) is 0.201. The van der Waals surface area contributed by atoms with Crippen LogP contribution in [0, 0.1) is 5.92 Å². The summed E-state index contributed by atoms with van der Waals surface area (Å²) in [7, 11) is 0. The van der Waals surface area contributed by atoms with Crippen LogP contribution in [0.4, 0.5) is 0 Å². The van der Waals surface area contributed by atoms with Crippen LogP contribution >= 0.6 is 11.3 Å². The van der Waals surface area contributed by atoms with Gasteiger partial charge < -0.3 is 10.5 Å². The number of hydrogen-bond donors (Lipinski definition) is 1. The number of nitrogens with two attached hydrogens (primary N) is 1. The Morgan fingerprint density at radius 2 is 2.27 bits per heavy atom.